The van der Waals surface area contributed by atoms with E-state index in [2.05, 4.69) is 5.32 Å². The van der Waals surface area contributed by atoms with Gasteiger partial charge in [-0.05, 0) is 51.5 Å². The lowest BCUT2D eigenvalue weighted by atomic mass is 10.1. The molecular weight excluding hydrogens is 249 g/mol. The van der Waals surface area contributed by atoms with Crippen LogP contribution in [0, 0.1) is 5.82 Å². The Bertz CT molecular complexity index is 452. The summed E-state index contributed by atoms with van der Waals surface area (Å²) in [5.41, 5.74) is 0.367. The van der Waals surface area contributed by atoms with Gasteiger partial charge in [0, 0.05) is 12.1 Å². The molecule has 0 fully saturated rings. The van der Waals surface area contributed by atoms with Gasteiger partial charge < -0.3 is 9.84 Å². The van der Waals surface area contributed by atoms with E-state index in [4.69, 9.17) is 4.74 Å². The minimum Gasteiger partial charge on any atom is -0.444 e. The van der Waals surface area contributed by atoms with Crippen LogP contribution in [-0.2, 0) is 11.2 Å². The molecule has 1 aromatic carbocycles. The largest absolute Gasteiger partial charge is 0.444 e. The molecule has 19 heavy (non-hydrogen) atoms. The van der Waals surface area contributed by atoms with Gasteiger partial charge in [-0.15, -0.1) is 0 Å². The van der Waals surface area contributed by atoms with Crippen molar-refractivity contribution in [1.82, 2.24) is 0 Å². The van der Waals surface area contributed by atoms with Crippen molar-refractivity contribution in [2.75, 3.05) is 5.32 Å². The fourth-order valence-corrected chi connectivity index (χ4v) is 1.58. The zero-order valence-electron chi connectivity index (χ0n) is 11.7. The van der Waals surface area contributed by atoms with Crippen molar-refractivity contribution >= 4 is 11.8 Å². The molecule has 0 aliphatic rings. The minimum atomic E-state index is -0.624. The third-order valence-corrected chi connectivity index (χ3v) is 2.22. The highest BCUT2D eigenvalue weighted by molar-refractivity contribution is 5.85. The van der Waals surface area contributed by atoms with Crippen molar-refractivity contribution in [3.63, 3.8) is 0 Å². The van der Waals surface area contributed by atoms with E-state index in [9.17, 15) is 14.3 Å². The SMILES string of the molecule is CC(O)Cc1cc(F)ccc1NC(=O)OC(C)(C)C. The van der Waals surface area contributed by atoms with Gasteiger partial charge in [-0.3, -0.25) is 5.32 Å². The Morgan fingerprint density at radius 3 is 2.63 bits per heavy atom. The van der Waals surface area contributed by atoms with E-state index in [0.29, 0.717) is 11.3 Å². The first-order valence-electron chi connectivity index (χ1n) is 6.14. The number of ether oxygens (including phenoxy) is 1. The Kier molecular flexibility index (Phi) is 4.89. The lowest BCUT2D eigenvalue weighted by Crippen LogP contribution is -2.27. The summed E-state index contributed by atoms with van der Waals surface area (Å²) in [7, 11) is 0. The van der Waals surface area contributed by atoms with Crippen LogP contribution in [0.1, 0.15) is 33.3 Å². The van der Waals surface area contributed by atoms with E-state index in [1.54, 1.807) is 27.7 Å². The number of carbonyl (C=O) groups is 1. The summed E-state index contributed by atoms with van der Waals surface area (Å²) in [5, 5.41) is 11.9. The minimum absolute atomic E-state index is 0.253. The Hall–Kier alpha value is -1.62. The first-order chi connectivity index (χ1) is 8.67. The van der Waals surface area contributed by atoms with Crippen LogP contribution < -0.4 is 5.32 Å². The van der Waals surface area contributed by atoms with Gasteiger partial charge in [-0.2, -0.15) is 0 Å². The molecule has 106 valence electrons. The van der Waals surface area contributed by atoms with Crippen molar-refractivity contribution < 1.29 is 19.0 Å². The Balaban J connectivity index is 2.85. The van der Waals surface area contributed by atoms with Gasteiger partial charge >= 0.3 is 6.09 Å². The molecule has 0 saturated heterocycles. The van der Waals surface area contributed by atoms with Crippen molar-refractivity contribution in [2.24, 2.45) is 0 Å². The highest BCUT2D eigenvalue weighted by Crippen LogP contribution is 2.20. The summed E-state index contributed by atoms with van der Waals surface area (Å²) in [6.45, 7) is 6.87. The second kappa shape index (κ2) is 6.02. The number of anilines is 1. The van der Waals surface area contributed by atoms with Crippen LogP contribution in [0.15, 0.2) is 18.2 Å². The summed E-state index contributed by atoms with van der Waals surface area (Å²) in [6, 6.07) is 3.99. The highest BCUT2D eigenvalue weighted by Gasteiger charge is 2.17. The zero-order valence-corrected chi connectivity index (χ0v) is 11.7. The van der Waals surface area contributed by atoms with E-state index in [1.807, 2.05) is 0 Å². The number of carbonyl (C=O) groups excluding carboxylic acids is 1. The van der Waals surface area contributed by atoms with Gasteiger partial charge in [0.15, 0.2) is 0 Å². The molecule has 1 unspecified atom stereocenters. The molecule has 1 amide bonds. The topological polar surface area (TPSA) is 58.6 Å². The van der Waals surface area contributed by atoms with Crippen molar-refractivity contribution in [1.29, 1.82) is 0 Å². The second-order valence-corrected chi connectivity index (χ2v) is 5.48. The zero-order chi connectivity index (χ0) is 14.6. The molecule has 4 nitrogen and oxygen atoms in total. The molecule has 0 aliphatic heterocycles. The molecule has 1 rings (SSSR count). The summed E-state index contributed by atoms with van der Waals surface area (Å²) >= 11 is 0. The van der Waals surface area contributed by atoms with E-state index in [0.717, 1.165) is 0 Å². The van der Waals surface area contributed by atoms with Crippen molar-refractivity contribution in [3.8, 4) is 0 Å². The fourth-order valence-electron chi connectivity index (χ4n) is 1.58. The number of halogens is 1. The van der Waals surface area contributed by atoms with Crippen LogP contribution in [0.2, 0.25) is 0 Å². The molecule has 0 aliphatic carbocycles. The van der Waals surface area contributed by atoms with Gasteiger partial charge in [-0.1, -0.05) is 0 Å². The van der Waals surface area contributed by atoms with Crippen LogP contribution >= 0.6 is 0 Å². The summed E-state index contributed by atoms with van der Waals surface area (Å²) in [6.07, 6.45) is -0.977. The van der Waals surface area contributed by atoms with Crippen molar-refractivity contribution in [3.05, 3.63) is 29.6 Å². The standard InChI is InChI=1S/C14H20FNO3/c1-9(17)7-10-8-11(15)5-6-12(10)16-13(18)19-14(2,3)4/h5-6,8-9,17H,7H2,1-4H3,(H,16,18). The fraction of sp³-hybridized carbons (Fsp3) is 0.500. The third-order valence-electron chi connectivity index (χ3n) is 2.22. The quantitative estimate of drug-likeness (QED) is 0.886. The number of aliphatic hydroxyl groups is 1. The van der Waals surface area contributed by atoms with E-state index in [-0.39, 0.29) is 6.42 Å². The van der Waals surface area contributed by atoms with Gasteiger partial charge in [0.1, 0.15) is 11.4 Å². The van der Waals surface area contributed by atoms with E-state index in [1.165, 1.54) is 18.2 Å². The van der Waals surface area contributed by atoms with Gasteiger partial charge in [0.05, 0.1) is 6.10 Å². The average Bonchev–Trinajstić information content (AvgIpc) is 2.18. The lowest BCUT2D eigenvalue weighted by Gasteiger charge is -2.20. The molecule has 5 heteroatoms. The van der Waals surface area contributed by atoms with Crippen LogP contribution in [0.25, 0.3) is 0 Å². The number of hydrogen-bond acceptors (Lipinski definition) is 3. The molecule has 0 radical (unpaired) electrons. The normalized spacial score (nSPS) is 12.9. The molecule has 0 heterocycles. The molecule has 0 bridgehead atoms. The monoisotopic (exact) mass is 269 g/mol. The second-order valence-electron chi connectivity index (χ2n) is 5.48. The molecule has 1 atom stereocenters. The average molecular weight is 269 g/mol. The predicted molar refractivity (Wildman–Crippen MR) is 71.6 cm³/mol. The number of amides is 1. The smallest absolute Gasteiger partial charge is 0.412 e. The van der Waals surface area contributed by atoms with Gasteiger partial charge in [0.25, 0.3) is 0 Å². The molecule has 0 spiro atoms. The van der Waals surface area contributed by atoms with E-state index < -0.39 is 23.6 Å². The van der Waals surface area contributed by atoms with Crippen LogP contribution in [0.3, 0.4) is 0 Å². The summed E-state index contributed by atoms with van der Waals surface area (Å²) in [5.74, 6) is -0.412. The lowest BCUT2D eigenvalue weighted by molar-refractivity contribution is 0.0635. The van der Waals surface area contributed by atoms with Gasteiger partial charge in [0.2, 0.25) is 0 Å². The Labute approximate surface area is 112 Å². The summed E-state index contributed by atoms with van der Waals surface area (Å²) in [4.78, 5) is 11.7. The van der Waals surface area contributed by atoms with Crippen LogP contribution in [-0.4, -0.2) is 22.9 Å². The third kappa shape index (κ3) is 5.70. The van der Waals surface area contributed by atoms with Crippen LogP contribution in [0.5, 0.6) is 0 Å². The number of nitrogens with one attached hydrogen (secondary N) is 1. The Morgan fingerprint density at radius 2 is 2.11 bits per heavy atom. The summed E-state index contributed by atoms with van der Waals surface area (Å²) < 4.78 is 18.3. The Morgan fingerprint density at radius 1 is 1.47 bits per heavy atom. The highest BCUT2D eigenvalue weighted by atomic mass is 19.1. The molecule has 0 saturated carbocycles. The molecule has 0 aromatic heterocycles. The van der Waals surface area contributed by atoms with E-state index >= 15 is 0 Å². The maximum absolute atomic E-state index is 13.2. The number of hydrogen-bond donors (Lipinski definition) is 2. The van der Waals surface area contributed by atoms with Crippen LogP contribution in [0.4, 0.5) is 14.9 Å². The number of rotatable bonds is 3. The first-order valence-corrected chi connectivity index (χ1v) is 6.14. The molecular formula is C14H20FNO3. The van der Waals surface area contributed by atoms with Crippen molar-refractivity contribution in [2.45, 2.75) is 45.8 Å². The first kappa shape index (κ1) is 15.4. The molecule has 1 aromatic rings. The maximum Gasteiger partial charge on any atom is 0.412 e. The number of aliphatic hydroxyl groups excluding tert-OH is 1. The predicted octanol–water partition coefficient (Wildman–Crippen LogP) is 3.10. The number of benzene rings is 1. The molecule has 2 N–H and O–H groups in total. The maximum atomic E-state index is 13.2. The van der Waals surface area contributed by atoms with Gasteiger partial charge in [-0.25, -0.2) is 9.18 Å².